The summed E-state index contributed by atoms with van der Waals surface area (Å²) in [4.78, 5) is 121. The Bertz CT molecular complexity index is 3340. The van der Waals surface area contributed by atoms with E-state index in [1.54, 1.807) is 118 Å². The maximum atomic E-state index is 13.1. The predicted octanol–water partition coefficient (Wildman–Crippen LogP) is 8.12. The summed E-state index contributed by atoms with van der Waals surface area (Å²) in [6, 6.07) is 55.6. The fourth-order valence-electron chi connectivity index (χ4n) is 9.15. The van der Waals surface area contributed by atoms with Gasteiger partial charge >= 0.3 is 35.6 Å². The van der Waals surface area contributed by atoms with Crippen LogP contribution in [0.25, 0.3) is 0 Å². The van der Waals surface area contributed by atoms with Crippen LogP contribution in [-0.4, -0.2) is 101 Å². The van der Waals surface area contributed by atoms with E-state index in [1.807, 2.05) is 84.9 Å². The first-order chi connectivity index (χ1) is 41.0. The second-order valence-electron chi connectivity index (χ2n) is 18.0. The lowest BCUT2D eigenvalue weighted by atomic mass is 9.81. The van der Waals surface area contributed by atoms with Crippen LogP contribution in [0.3, 0.4) is 0 Å². The first-order valence-electron chi connectivity index (χ1n) is 26.1. The standard InChI is InChI=1S/2C18H17N3O3.C15H12N2O2.C7H4ClNO4.C3H9NO/c1-2-19-16(23)21-15(22)18(20-17(21)24,13-9-5-3-6-10-13)14-11-7-4-8-12-14;1-2-19-16(23)21-17(24)20-15(22)18(21,13-9-5-3-6-10-13)14-11-7-4-8-12-14;18-13-15(17-14(19)16-13,11-7-3-1-4-8-11)12-9-5-2-6-10-12;8-7(10)13-6-3-1-5(2-4-6)9(11)12;1-5-3-2-4/h3-12H,2H2,1H3,(H,19,23)(H,20,24);3-12H,2H2,1H3,(H,19,23)(H,20,22,24);1-10H,(H2,16,17,18,19);1-4H;2-4H2,1H3. The quantitative estimate of drug-likeness (QED) is 0.0263. The second kappa shape index (κ2) is 29.9. The summed E-state index contributed by atoms with van der Waals surface area (Å²) in [6.07, 6.45) is 0. The normalized spacial score (nSPS) is 14.7. The minimum atomic E-state index is -1.53. The van der Waals surface area contributed by atoms with Crippen molar-refractivity contribution in [3.8, 4) is 5.75 Å². The van der Waals surface area contributed by atoms with E-state index in [0.717, 1.165) is 16.0 Å². The molecule has 3 fully saturated rings. The summed E-state index contributed by atoms with van der Waals surface area (Å²) in [7, 11) is 1.63. The van der Waals surface area contributed by atoms with Gasteiger partial charge in [0.25, 0.3) is 23.4 Å². The molecule has 0 spiro atoms. The number of nitrogens with two attached hydrogens (primary N) is 1. The zero-order valence-electron chi connectivity index (χ0n) is 46.1. The topological polar surface area (TPSA) is 320 Å². The van der Waals surface area contributed by atoms with Crippen molar-refractivity contribution in [3.63, 3.8) is 0 Å². The zero-order chi connectivity index (χ0) is 61.6. The Morgan fingerprint density at radius 1 is 0.553 bits per heavy atom. The van der Waals surface area contributed by atoms with E-state index < -0.39 is 68.9 Å². The molecule has 0 aromatic heterocycles. The van der Waals surface area contributed by atoms with Gasteiger partial charge in [0.1, 0.15) is 5.75 Å². The molecule has 3 saturated heterocycles. The Labute approximate surface area is 493 Å². The molecule has 3 aliphatic rings. The van der Waals surface area contributed by atoms with Gasteiger partial charge in [0.2, 0.25) is 0 Å². The van der Waals surface area contributed by atoms with Gasteiger partial charge in [0.05, 0.1) is 11.5 Å². The average Bonchev–Trinajstić information content (AvgIpc) is 1.88. The number of rotatable bonds is 12. The molecule has 0 aliphatic carbocycles. The highest BCUT2D eigenvalue weighted by Gasteiger charge is 2.59. The molecule has 438 valence electrons. The van der Waals surface area contributed by atoms with Gasteiger partial charge in [-0.1, -0.05) is 182 Å². The highest BCUT2D eigenvalue weighted by Crippen LogP contribution is 2.40. The molecule has 24 heteroatoms. The Kier molecular flexibility index (Phi) is 22.4. The molecular formula is C61H59ClN10O13. The summed E-state index contributed by atoms with van der Waals surface area (Å²) in [5.74, 6) is -1.34. The number of halogens is 1. The molecule has 7 aromatic rings. The van der Waals surface area contributed by atoms with E-state index >= 15 is 0 Å². The van der Waals surface area contributed by atoms with Crippen LogP contribution in [-0.2, 0) is 35.7 Å². The van der Waals surface area contributed by atoms with Crippen LogP contribution in [0.2, 0.25) is 0 Å². The van der Waals surface area contributed by atoms with Crippen molar-refractivity contribution in [2.75, 3.05) is 33.4 Å². The van der Waals surface area contributed by atoms with Gasteiger partial charge in [-0.3, -0.25) is 35.1 Å². The molecule has 3 heterocycles. The molecule has 10 rings (SSSR count). The third kappa shape index (κ3) is 14.4. The fraction of sp³-hybridized carbons (Fsp3) is 0.164. The van der Waals surface area contributed by atoms with E-state index in [0.29, 0.717) is 53.4 Å². The Morgan fingerprint density at radius 2 is 0.953 bits per heavy atom. The van der Waals surface area contributed by atoms with Crippen molar-refractivity contribution in [2.24, 2.45) is 5.73 Å². The number of urea groups is 5. The van der Waals surface area contributed by atoms with Crippen molar-refractivity contribution >= 4 is 70.6 Å². The predicted molar refractivity (Wildman–Crippen MR) is 312 cm³/mol. The first-order valence-corrected chi connectivity index (χ1v) is 26.5. The number of nitro benzene ring substituents is 1. The molecule has 0 atom stereocenters. The van der Waals surface area contributed by atoms with Crippen molar-refractivity contribution in [1.82, 2.24) is 41.7 Å². The highest BCUT2D eigenvalue weighted by molar-refractivity contribution is 6.61. The first kappa shape index (κ1) is 63.6. The fourth-order valence-corrected chi connectivity index (χ4v) is 9.24. The van der Waals surface area contributed by atoms with Crippen LogP contribution in [0.4, 0.5) is 34.5 Å². The van der Waals surface area contributed by atoms with Crippen LogP contribution < -0.4 is 42.4 Å². The molecule has 13 amide bonds. The molecule has 23 nitrogen and oxygen atoms in total. The van der Waals surface area contributed by atoms with Gasteiger partial charge in [0, 0.05) is 50.5 Å². The number of hydrogen-bond donors (Lipinski definition) is 7. The molecule has 3 aliphatic heterocycles. The number of nitro groups is 1. The van der Waals surface area contributed by atoms with Crippen molar-refractivity contribution in [2.45, 2.75) is 30.5 Å². The molecule has 0 radical (unpaired) electrons. The van der Waals surface area contributed by atoms with Crippen LogP contribution >= 0.6 is 11.6 Å². The number of ether oxygens (including phenoxy) is 2. The molecule has 0 unspecified atom stereocenters. The van der Waals surface area contributed by atoms with Crippen molar-refractivity contribution in [3.05, 3.63) is 250 Å². The Balaban J connectivity index is 0.000000180. The molecule has 8 N–H and O–H groups in total. The lowest BCUT2D eigenvalue weighted by Crippen LogP contribution is -2.54. The van der Waals surface area contributed by atoms with Crippen LogP contribution in [0.1, 0.15) is 47.2 Å². The van der Waals surface area contributed by atoms with E-state index in [-0.39, 0.29) is 17.3 Å². The molecule has 7 aromatic carbocycles. The zero-order valence-corrected chi connectivity index (χ0v) is 46.8. The summed E-state index contributed by atoms with van der Waals surface area (Å²) in [5.41, 5.74) is 3.65. The molecule has 0 bridgehead atoms. The van der Waals surface area contributed by atoms with Crippen molar-refractivity contribution < 1.29 is 57.5 Å². The maximum absolute atomic E-state index is 13.1. The van der Waals surface area contributed by atoms with Gasteiger partial charge in [-0.25, -0.2) is 33.7 Å². The molecule has 0 saturated carbocycles. The number of methoxy groups -OCH3 is 1. The number of carbonyl (C=O) groups is 9. The summed E-state index contributed by atoms with van der Waals surface area (Å²) >= 11 is 4.92. The number of nitrogens with one attached hydrogen (secondary N) is 6. The van der Waals surface area contributed by atoms with E-state index in [4.69, 9.17) is 17.3 Å². The molecular weight excluding hydrogens is 1120 g/mol. The summed E-state index contributed by atoms with van der Waals surface area (Å²) < 4.78 is 9.02. The lowest BCUT2D eigenvalue weighted by Gasteiger charge is -2.34. The van der Waals surface area contributed by atoms with E-state index in [1.165, 1.54) is 24.3 Å². The van der Waals surface area contributed by atoms with Crippen LogP contribution in [0.5, 0.6) is 5.75 Å². The maximum Gasteiger partial charge on any atom is 0.409 e. The van der Waals surface area contributed by atoms with E-state index in [2.05, 4.69) is 41.4 Å². The monoisotopic (exact) mass is 1170 g/mol. The number of nitrogens with zero attached hydrogens (tertiary/aromatic N) is 3. The number of hydrogen-bond acceptors (Lipinski definition) is 14. The number of imide groups is 6. The minimum Gasteiger partial charge on any atom is -0.414 e. The van der Waals surface area contributed by atoms with Gasteiger partial charge in [0.15, 0.2) is 16.6 Å². The second-order valence-corrected chi connectivity index (χ2v) is 18.3. The largest absolute Gasteiger partial charge is 0.414 e. The van der Waals surface area contributed by atoms with Crippen LogP contribution in [0, 0.1) is 10.1 Å². The minimum absolute atomic E-state index is 0.0747. The van der Waals surface area contributed by atoms with Gasteiger partial charge in [-0.15, -0.1) is 0 Å². The highest BCUT2D eigenvalue weighted by atomic mass is 35.5. The Morgan fingerprint density at radius 3 is 1.29 bits per heavy atom. The van der Waals surface area contributed by atoms with E-state index in [9.17, 15) is 53.3 Å². The van der Waals surface area contributed by atoms with Gasteiger partial charge in [-0.05, 0) is 59.4 Å². The number of carbonyl (C=O) groups excluding carboxylic acids is 9. The van der Waals surface area contributed by atoms with Gasteiger partial charge < -0.3 is 36.5 Å². The summed E-state index contributed by atoms with van der Waals surface area (Å²) in [6.45, 7) is 5.42. The number of benzene rings is 7. The Hall–Kier alpha value is -10.6. The lowest BCUT2D eigenvalue weighted by molar-refractivity contribution is -0.384. The van der Waals surface area contributed by atoms with Gasteiger partial charge in [-0.2, -0.15) is 4.90 Å². The van der Waals surface area contributed by atoms with Crippen LogP contribution in [0.15, 0.2) is 206 Å². The summed E-state index contributed by atoms with van der Waals surface area (Å²) in [5, 5.41) is 25.4. The number of non-ortho nitro benzene ring substituents is 1. The SMILES string of the molecule is CCNC(=O)N1C(=O)NC(=O)C1(c1ccccc1)c1ccccc1.CCNC(=O)N1C(=O)NC(c2ccccc2)(c2ccccc2)C1=O.COCCN.O=C(Cl)Oc1ccc([N+](=O)[O-])cc1.O=C1NC(=O)C(c2ccccc2)(c2ccccc2)N1. The smallest absolute Gasteiger partial charge is 0.409 e. The average molecular weight is 1180 g/mol. The molecule has 85 heavy (non-hydrogen) atoms. The third-order valence-electron chi connectivity index (χ3n) is 12.8. The third-order valence-corrected chi connectivity index (χ3v) is 12.9. The van der Waals surface area contributed by atoms with Crippen molar-refractivity contribution in [1.29, 1.82) is 0 Å². The number of amides is 13.